The van der Waals surface area contributed by atoms with Crippen molar-refractivity contribution in [3.8, 4) is 11.8 Å². The lowest BCUT2D eigenvalue weighted by molar-refractivity contribution is 0.414. The largest absolute Gasteiger partial charge is 0.497 e. The Morgan fingerprint density at radius 2 is 1.84 bits per heavy atom. The van der Waals surface area contributed by atoms with Crippen molar-refractivity contribution in [1.82, 2.24) is 0 Å². The van der Waals surface area contributed by atoms with Crippen molar-refractivity contribution in [2.24, 2.45) is 5.92 Å². The molecule has 0 saturated carbocycles. The van der Waals surface area contributed by atoms with Gasteiger partial charge in [0.25, 0.3) is 0 Å². The van der Waals surface area contributed by atoms with E-state index < -0.39 is 0 Å². The second kappa shape index (κ2) is 5.90. The first-order valence-electron chi connectivity index (χ1n) is 6.25. The molecule has 1 aromatic carbocycles. The number of hydrogen-bond acceptors (Lipinski definition) is 3. The molecule has 98 valence electrons. The Balaban J connectivity index is 2.40. The Morgan fingerprint density at radius 3 is 2.32 bits per heavy atom. The molecule has 0 fully saturated rings. The maximum atomic E-state index is 9.27. The molecule has 2 atom stereocenters. The normalized spacial score (nSPS) is 13.6. The lowest BCUT2D eigenvalue weighted by Gasteiger charge is -2.18. The Hall–Kier alpha value is -1.79. The smallest absolute Gasteiger partial charge is 0.118 e. The van der Waals surface area contributed by atoms with Crippen LogP contribution in [0.2, 0.25) is 0 Å². The number of aryl methyl sites for hydroxylation is 1. The van der Waals surface area contributed by atoms with Crippen molar-refractivity contribution in [2.45, 2.75) is 19.8 Å². The summed E-state index contributed by atoms with van der Waals surface area (Å²) < 4.78 is 5.18. The zero-order valence-corrected chi connectivity index (χ0v) is 12.2. The summed E-state index contributed by atoms with van der Waals surface area (Å²) in [6.45, 7) is 4.07. The van der Waals surface area contributed by atoms with Gasteiger partial charge in [-0.15, -0.1) is 11.3 Å². The maximum Gasteiger partial charge on any atom is 0.118 e. The second-order valence-electron chi connectivity index (χ2n) is 4.62. The molecular formula is C16H17NOS. The van der Waals surface area contributed by atoms with Gasteiger partial charge in [0.2, 0.25) is 0 Å². The van der Waals surface area contributed by atoms with Crippen molar-refractivity contribution >= 4 is 11.3 Å². The summed E-state index contributed by atoms with van der Waals surface area (Å²) in [6, 6.07) is 14.6. The first kappa shape index (κ1) is 13.6. The first-order chi connectivity index (χ1) is 9.15. The van der Waals surface area contributed by atoms with E-state index in [4.69, 9.17) is 4.74 Å². The summed E-state index contributed by atoms with van der Waals surface area (Å²) in [5.74, 6) is 0.926. The third-order valence-corrected chi connectivity index (χ3v) is 4.33. The summed E-state index contributed by atoms with van der Waals surface area (Å²) in [6.07, 6.45) is 0. The van der Waals surface area contributed by atoms with Crippen LogP contribution >= 0.6 is 11.3 Å². The fourth-order valence-corrected chi connectivity index (χ4v) is 3.32. The van der Waals surface area contributed by atoms with E-state index in [-0.39, 0.29) is 11.8 Å². The van der Waals surface area contributed by atoms with Crippen LogP contribution in [0, 0.1) is 24.2 Å². The standard InChI is InChI=1S/C16H17NOS/c1-11(10-17)16(15-9-4-12(2)19-15)13-5-7-14(18-3)8-6-13/h4-9,11,16H,1-3H3/t11-,16-/m0/s1. The summed E-state index contributed by atoms with van der Waals surface area (Å²) in [4.78, 5) is 2.52. The molecule has 2 nitrogen and oxygen atoms in total. The van der Waals surface area contributed by atoms with Crippen molar-refractivity contribution in [3.05, 3.63) is 51.7 Å². The highest BCUT2D eigenvalue weighted by molar-refractivity contribution is 7.12. The van der Waals surface area contributed by atoms with Crippen molar-refractivity contribution < 1.29 is 4.74 Å². The molecule has 0 amide bonds. The Morgan fingerprint density at radius 1 is 1.16 bits per heavy atom. The molecule has 0 N–H and O–H groups in total. The van der Waals surface area contributed by atoms with Gasteiger partial charge in [-0.2, -0.15) is 5.26 Å². The van der Waals surface area contributed by atoms with E-state index in [0.717, 1.165) is 11.3 Å². The van der Waals surface area contributed by atoms with Gasteiger partial charge in [-0.05, 0) is 43.7 Å². The number of ether oxygens (including phenoxy) is 1. The van der Waals surface area contributed by atoms with E-state index in [1.54, 1.807) is 18.4 Å². The van der Waals surface area contributed by atoms with Crippen LogP contribution in [0.4, 0.5) is 0 Å². The number of nitrogens with zero attached hydrogens (tertiary/aromatic N) is 1. The van der Waals surface area contributed by atoms with Crippen LogP contribution in [-0.2, 0) is 0 Å². The Kier molecular flexibility index (Phi) is 4.24. The minimum atomic E-state index is -0.0496. The molecule has 2 rings (SSSR count). The summed E-state index contributed by atoms with van der Waals surface area (Å²) in [5.41, 5.74) is 1.16. The zero-order chi connectivity index (χ0) is 13.8. The first-order valence-corrected chi connectivity index (χ1v) is 7.07. The van der Waals surface area contributed by atoms with Gasteiger partial charge in [0.05, 0.1) is 19.1 Å². The molecule has 1 aromatic heterocycles. The lowest BCUT2D eigenvalue weighted by Crippen LogP contribution is -2.08. The molecule has 19 heavy (non-hydrogen) atoms. The average Bonchev–Trinajstić information content (AvgIpc) is 2.86. The maximum absolute atomic E-state index is 9.27. The monoisotopic (exact) mass is 271 g/mol. The predicted molar refractivity (Wildman–Crippen MR) is 78.7 cm³/mol. The second-order valence-corrected chi connectivity index (χ2v) is 5.94. The van der Waals surface area contributed by atoms with Gasteiger partial charge in [-0.1, -0.05) is 12.1 Å². The van der Waals surface area contributed by atoms with Gasteiger partial charge in [-0.25, -0.2) is 0 Å². The Labute approximate surface area is 118 Å². The zero-order valence-electron chi connectivity index (χ0n) is 11.4. The third kappa shape index (κ3) is 2.97. The molecule has 0 aliphatic rings. The molecule has 0 bridgehead atoms. The average molecular weight is 271 g/mol. The molecule has 0 aliphatic heterocycles. The van der Waals surface area contributed by atoms with Crippen LogP contribution in [-0.4, -0.2) is 7.11 Å². The molecular weight excluding hydrogens is 254 g/mol. The van der Waals surface area contributed by atoms with Crippen LogP contribution in [0.25, 0.3) is 0 Å². The quantitative estimate of drug-likeness (QED) is 0.828. The minimum absolute atomic E-state index is 0.0496. The molecule has 0 unspecified atom stereocenters. The van der Waals surface area contributed by atoms with Gasteiger partial charge < -0.3 is 4.74 Å². The van der Waals surface area contributed by atoms with Crippen LogP contribution < -0.4 is 4.74 Å². The number of thiophene rings is 1. The van der Waals surface area contributed by atoms with Crippen LogP contribution in [0.5, 0.6) is 5.75 Å². The highest BCUT2D eigenvalue weighted by Gasteiger charge is 2.22. The topological polar surface area (TPSA) is 33.0 Å². The van der Waals surface area contributed by atoms with E-state index in [9.17, 15) is 5.26 Å². The van der Waals surface area contributed by atoms with E-state index in [0.29, 0.717) is 0 Å². The SMILES string of the molecule is COc1ccc([C@@H](c2ccc(C)s2)[C@@H](C)C#N)cc1. The molecule has 0 saturated heterocycles. The predicted octanol–water partition coefficient (Wildman–Crippen LogP) is 4.36. The van der Waals surface area contributed by atoms with Gasteiger partial charge >= 0.3 is 0 Å². The number of nitriles is 1. The van der Waals surface area contributed by atoms with E-state index in [1.807, 2.05) is 31.2 Å². The number of hydrogen-bond donors (Lipinski definition) is 0. The fourth-order valence-electron chi connectivity index (χ4n) is 2.21. The van der Waals surface area contributed by atoms with Crippen molar-refractivity contribution in [3.63, 3.8) is 0 Å². The molecule has 3 heteroatoms. The van der Waals surface area contributed by atoms with Crippen LogP contribution in [0.3, 0.4) is 0 Å². The third-order valence-electron chi connectivity index (χ3n) is 3.25. The highest BCUT2D eigenvalue weighted by atomic mass is 32.1. The van der Waals surface area contributed by atoms with Gasteiger partial charge in [0, 0.05) is 15.7 Å². The molecule has 0 aliphatic carbocycles. The van der Waals surface area contributed by atoms with Crippen molar-refractivity contribution in [2.75, 3.05) is 7.11 Å². The van der Waals surface area contributed by atoms with E-state index in [2.05, 4.69) is 25.1 Å². The minimum Gasteiger partial charge on any atom is -0.497 e. The van der Waals surface area contributed by atoms with E-state index >= 15 is 0 Å². The Bertz CT molecular complexity index is 580. The highest BCUT2D eigenvalue weighted by Crippen LogP contribution is 2.36. The molecule has 1 heterocycles. The van der Waals surface area contributed by atoms with Crippen LogP contribution in [0.15, 0.2) is 36.4 Å². The summed E-state index contributed by atoms with van der Waals surface area (Å²) >= 11 is 1.76. The summed E-state index contributed by atoms with van der Waals surface area (Å²) in [7, 11) is 1.66. The van der Waals surface area contributed by atoms with Gasteiger partial charge in [0.15, 0.2) is 0 Å². The van der Waals surface area contributed by atoms with Crippen LogP contribution in [0.1, 0.15) is 28.2 Å². The van der Waals surface area contributed by atoms with Gasteiger partial charge in [-0.3, -0.25) is 0 Å². The molecule has 0 spiro atoms. The molecule has 2 aromatic rings. The molecule has 0 radical (unpaired) electrons. The lowest BCUT2D eigenvalue weighted by atomic mass is 9.87. The van der Waals surface area contributed by atoms with Gasteiger partial charge in [0.1, 0.15) is 5.75 Å². The number of methoxy groups -OCH3 is 1. The summed E-state index contributed by atoms with van der Waals surface area (Å²) in [5, 5.41) is 9.27. The van der Waals surface area contributed by atoms with Crippen molar-refractivity contribution in [1.29, 1.82) is 5.26 Å². The number of benzene rings is 1. The fraction of sp³-hybridized carbons (Fsp3) is 0.312. The van der Waals surface area contributed by atoms with E-state index in [1.165, 1.54) is 9.75 Å². The number of rotatable bonds is 4.